The van der Waals surface area contributed by atoms with Crippen LogP contribution in [-0.2, 0) is 4.74 Å². The molecule has 1 aliphatic rings. The second-order valence-electron chi connectivity index (χ2n) is 4.72. The Morgan fingerprint density at radius 2 is 2.04 bits per heavy atom. The normalized spacial score (nSPS) is 14.5. The maximum absolute atomic E-state index is 12.1. The second kappa shape index (κ2) is 6.67. The van der Waals surface area contributed by atoms with Gasteiger partial charge in [-0.3, -0.25) is 15.4 Å². The third-order valence-corrected chi connectivity index (χ3v) is 4.14. The van der Waals surface area contributed by atoms with E-state index in [9.17, 15) is 14.9 Å². The molecule has 9 nitrogen and oxygen atoms in total. The minimum atomic E-state index is -0.470. The minimum absolute atomic E-state index is 0.0466. The first-order valence-electron chi connectivity index (χ1n) is 6.86. The number of aromatic nitrogens is 2. The minimum Gasteiger partial charge on any atom is -0.378 e. The molecule has 0 spiro atoms. The van der Waals surface area contributed by atoms with E-state index in [1.54, 1.807) is 23.1 Å². The van der Waals surface area contributed by atoms with Crippen LogP contribution in [0.25, 0.3) is 10.6 Å². The largest absolute Gasteiger partial charge is 0.378 e. The number of morpholine rings is 1. The fourth-order valence-electron chi connectivity index (χ4n) is 2.13. The van der Waals surface area contributed by atoms with Crippen molar-refractivity contribution in [2.24, 2.45) is 0 Å². The molecule has 0 saturated carbocycles. The summed E-state index contributed by atoms with van der Waals surface area (Å²) in [6.07, 6.45) is 0. The predicted molar refractivity (Wildman–Crippen MR) is 83.4 cm³/mol. The Kier molecular flexibility index (Phi) is 4.44. The molecule has 23 heavy (non-hydrogen) atoms. The Bertz CT molecular complexity index is 729. The Morgan fingerprint density at radius 1 is 1.30 bits per heavy atom. The number of ether oxygens (including phenoxy) is 1. The van der Waals surface area contributed by atoms with Crippen molar-refractivity contribution < 1.29 is 14.5 Å². The Balaban J connectivity index is 1.76. The maximum Gasteiger partial charge on any atom is 0.323 e. The van der Waals surface area contributed by atoms with Crippen molar-refractivity contribution in [3.8, 4) is 10.6 Å². The van der Waals surface area contributed by atoms with Gasteiger partial charge in [-0.15, -0.1) is 10.2 Å². The van der Waals surface area contributed by atoms with Crippen molar-refractivity contribution in [2.75, 3.05) is 31.6 Å². The molecule has 1 aromatic carbocycles. The van der Waals surface area contributed by atoms with Crippen molar-refractivity contribution in [3.63, 3.8) is 0 Å². The molecule has 0 atom stereocenters. The van der Waals surface area contributed by atoms with Crippen LogP contribution in [-0.4, -0.2) is 52.4 Å². The molecule has 1 fully saturated rings. The van der Waals surface area contributed by atoms with Crippen LogP contribution in [0.5, 0.6) is 0 Å². The van der Waals surface area contributed by atoms with E-state index >= 15 is 0 Å². The van der Waals surface area contributed by atoms with Gasteiger partial charge in [0.25, 0.3) is 5.69 Å². The van der Waals surface area contributed by atoms with E-state index in [2.05, 4.69) is 15.5 Å². The van der Waals surface area contributed by atoms with Gasteiger partial charge in [-0.25, -0.2) is 4.79 Å². The van der Waals surface area contributed by atoms with E-state index in [1.807, 2.05) is 0 Å². The number of nitro groups is 1. The number of urea groups is 1. The van der Waals surface area contributed by atoms with Crippen LogP contribution in [0.4, 0.5) is 15.6 Å². The first kappa shape index (κ1) is 15.3. The number of benzene rings is 1. The van der Waals surface area contributed by atoms with E-state index in [1.165, 1.54) is 6.07 Å². The zero-order valence-corrected chi connectivity index (χ0v) is 12.8. The molecule has 1 aliphatic heterocycles. The van der Waals surface area contributed by atoms with Gasteiger partial charge in [-0.05, 0) is 6.07 Å². The van der Waals surface area contributed by atoms with Gasteiger partial charge < -0.3 is 9.64 Å². The Hall–Kier alpha value is -2.59. The van der Waals surface area contributed by atoms with Crippen LogP contribution < -0.4 is 5.32 Å². The number of nitrogens with zero attached hydrogens (tertiary/aromatic N) is 4. The zero-order chi connectivity index (χ0) is 16.2. The summed E-state index contributed by atoms with van der Waals surface area (Å²) in [5.41, 5.74) is 0.330. The van der Waals surface area contributed by atoms with E-state index in [0.717, 1.165) is 11.3 Å². The molecule has 120 valence electrons. The lowest BCUT2D eigenvalue weighted by atomic mass is 10.2. The number of nitrogens with one attached hydrogen (secondary N) is 1. The third kappa shape index (κ3) is 3.43. The molecule has 0 aliphatic carbocycles. The second-order valence-corrected chi connectivity index (χ2v) is 5.69. The molecule has 3 rings (SSSR count). The van der Waals surface area contributed by atoms with Crippen LogP contribution >= 0.6 is 11.3 Å². The highest BCUT2D eigenvalue weighted by molar-refractivity contribution is 7.18. The lowest BCUT2D eigenvalue weighted by Gasteiger charge is -2.26. The Morgan fingerprint density at radius 3 is 2.78 bits per heavy atom. The van der Waals surface area contributed by atoms with Crippen LogP contribution in [0.3, 0.4) is 0 Å². The summed E-state index contributed by atoms with van der Waals surface area (Å²) >= 11 is 1.09. The lowest BCUT2D eigenvalue weighted by molar-refractivity contribution is -0.384. The molecule has 0 unspecified atom stereocenters. The third-order valence-electron chi connectivity index (χ3n) is 3.27. The number of anilines is 1. The molecule has 2 heterocycles. The van der Waals surface area contributed by atoms with Gasteiger partial charge >= 0.3 is 6.03 Å². The van der Waals surface area contributed by atoms with Crippen LogP contribution in [0, 0.1) is 10.1 Å². The molecule has 2 amide bonds. The summed E-state index contributed by atoms with van der Waals surface area (Å²) in [5.74, 6) is 0. The first-order valence-corrected chi connectivity index (χ1v) is 7.68. The average Bonchev–Trinajstić information content (AvgIpc) is 3.04. The molecule has 10 heteroatoms. The molecule has 1 aromatic heterocycles. The number of hydrogen-bond acceptors (Lipinski definition) is 7. The molecule has 0 radical (unpaired) electrons. The van der Waals surface area contributed by atoms with Gasteiger partial charge in [0, 0.05) is 19.2 Å². The highest BCUT2D eigenvalue weighted by atomic mass is 32.1. The average molecular weight is 335 g/mol. The fourth-order valence-corrected chi connectivity index (χ4v) is 2.90. The van der Waals surface area contributed by atoms with Gasteiger partial charge in [0.1, 0.15) is 0 Å². The smallest absolute Gasteiger partial charge is 0.323 e. The molecule has 2 aromatic rings. The summed E-state index contributed by atoms with van der Waals surface area (Å²) in [5, 5.41) is 22.2. The van der Waals surface area contributed by atoms with Gasteiger partial charge in [0.15, 0.2) is 5.01 Å². The van der Waals surface area contributed by atoms with Crippen molar-refractivity contribution in [1.82, 2.24) is 15.1 Å². The summed E-state index contributed by atoms with van der Waals surface area (Å²) in [6, 6.07) is 6.01. The Labute approximate surface area is 135 Å². The van der Waals surface area contributed by atoms with E-state index in [-0.39, 0.29) is 11.7 Å². The number of para-hydroxylation sites is 1. The van der Waals surface area contributed by atoms with Gasteiger partial charge in [0.2, 0.25) is 5.13 Å². The summed E-state index contributed by atoms with van der Waals surface area (Å²) < 4.78 is 5.19. The zero-order valence-electron chi connectivity index (χ0n) is 12.0. The number of amides is 2. The number of hydrogen-bond donors (Lipinski definition) is 1. The molecular formula is C13H13N5O4S. The summed E-state index contributed by atoms with van der Waals surface area (Å²) in [4.78, 5) is 24.3. The predicted octanol–water partition coefficient (Wildman–Crippen LogP) is 1.98. The fraction of sp³-hybridized carbons (Fsp3) is 0.308. The highest BCUT2D eigenvalue weighted by Crippen LogP contribution is 2.33. The monoisotopic (exact) mass is 335 g/mol. The van der Waals surface area contributed by atoms with Gasteiger partial charge in [0.05, 0.1) is 23.7 Å². The quantitative estimate of drug-likeness (QED) is 0.678. The van der Waals surface area contributed by atoms with Crippen LogP contribution in [0.15, 0.2) is 24.3 Å². The van der Waals surface area contributed by atoms with Crippen LogP contribution in [0.2, 0.25) is 0 Å². The first-order chi connectivity index (χ1) is 11.1. The van der Waals surface area contributed by atoms with E-state index in [4.69, 9.17) is 4.74 Å². The molecule has 1 N–H and O–H groups in total. The molecule has 0 bridgehead atoms. The number of carbonyl (C=O) groups is 1. The topological polar surface area (TPSA) is 110 Å². The number of nitro benzene ring substituents is 1. The van der Waals surface area contributed by atoms with Gasteiger partial charge in [-0.2, -0.15) is 0 Å². The molecule has 1 saturated heterocycles. The van der Waals surface area contributed by atoms with E-state index in [0.29, 0.717) is 42.0 Å². The maximum atomic E-state index is 12.1. The van der Waals surface area contributed by atoms with Gasteiger partial charge in [-0.1, -0.05) is 23.5 Å². The standard InChI is InChI=1S/C13H13N5O4S/c19-13(17-5-7-22-8-6-17)14-12-16-15-11(23-12)9-3-1-2-4-10(9)18(20)21/h1-4H,5-8H2,(H,14,16,19). The number of carbonyl (C=O) groups excluding carboxylic acids is 1. The van der Waals surface area contributed by atoms with Crippen molar-refractivity contribution >= 4 is 28.2 Å². The van der Waals surface area contributed by atoms with Crippen LogP contribution in [0.1, 0.15) is 0 Å². The summed E-state index contributed by atoms with van der Waals surface area (Å²) in [6.45, 7) is 2.04. The lowest BCUT2D eigenvalue weighted by Crippen LogP contribution is -2.43. The van der Waals surface area contributed by atoms with Crippen molar-refractivity contribution in [3.05, 3.63) is 34.4 Å². The van der Waals surface area contributed by atoms with E-state index < -0.39 is 4.92 Å². The van der Waals surface area contributed by atoms with Crippen molar-refractivity contribution in [2.45, 2.75) is 0 Å². The SMILES string of the molecule is O=C(Nc1nnc(-c2ccccc2[N+](=O)[O-])s1)N1CCOCC1. The van der Waals surface area contributed by atoms with Crippen molar-refractivity contribution in [1.29, 1.82) is 0 Å². The highest BCUT2D eigenvalue weighted by Gasteiger charge is 2.21. The number of rotatable bonds is 3. The molecular weight excluding hydrogens is 322 g/mol. The summed E-state index contributed by atoms with van der Waals surface area (Å²) in [7, 11) is 0.